The van der Waals surface area contributed by atoms with Crippen LogP contribution in [0.5, 0.6) is 0 Å². The van der Waals surface area contributed by atoms with Gasteiger partial charge in [-0.25, -0.2) is 4.98 Å². The number of pyridine rings is 1. The lowest BCUT2D eigenvalue weighted by Gasteiger charge is -2.29. The molecule has 1 aliphatic carbocycles. The number of rotatable bonds is 4. The average Bonchev–Trinajstić information content (AvgIpc) is 2.76. The van der Waals surface area contributed by atoms with E-state index in [0.29, 0.717) is 6.54 Å². The molecule has 1 aliphatic rings. The summed E-state index contributed by atoms with van der Waals surface area (Å²) in [5, 5.41) is 19.8. The molecule has 0 amide bonds. The Morgan fingerprint density at radius 1 is 1.39 bits per heavy atom. The summed E-state index contributed by atoms with van der Waals surface area (Å²) < 4.78 is 0. The SMILES string of the molecule is CC(O)c1ccc(N(C)CC2(O)CCCC2)nc1. The van der Waals surface area contributed by atoms with Crippen LogP contribution in [-0.2, 0) is 0 Å². The number of nitrogens with zero attached hydrogens (tertiary/aromatic N) is 2. The fraction of sp³-hybridized carbons (Fsp3) is 0.643. The Kier molecular flexibility index (Phi) is 3.88. The Bertz CT molecular complexity index is 383. The van der Waals surface area contributed by atoms with Crippen LogP contribution in [0.15, 0.2) is 18.3 Å². The fourth-order valence-corrected chi connectivity index (χ4v) is 2.58. The van der Waals surface area contributed by atoms with Gasteiger partial charge in [0.15, 0.2) is 0 Å². The summed E-state index contributed by atoms with van der Waals surface area (Å²) in [5.41, 5.74) is 0.256. The van der Waals surface area contributed by atoms with Crippen LogP contribution in [0, 0.1) is 0 Å². The first kappa shape index (κ1) is 13.3. The van der Waals surface area contributed by atoms with Gasteiger partial charge in [-0.3, -0.25) is 0 Å². The zero-order valence-electron chi connectivity index (χ0n) is 11.1. The molecular weight excluding hydrogens is 228 g/mol. The molecule has 1 atom stereocenters. The number of aliphatic hydroxyl groups excluding tert-OH is 1. The standard InChI is InChI=1S/C14H22N2O2/c1-11(17)12-5-6-13(15-9-12)16(2)10-14(18)7-3-4-8-14/h5-6,9,11,17-18H,3-4,7-8,10H2,1-2H3. The first-order valence-electron chi connectivity index (χ1n) is 6.58. The monoisotopic (exact) mass is 250 g/mol. The summed E-state index contributed by atoms with van der Waals surface area (Å²) in [6, 6.07) is 3.77. The van der Waals surface area contributed by atoms with Crippen molar-refractivity contribution in [3.05, 3.63) is 23.9 Å². The highest BCUT2D eigenvalue weighted by molar-refractivity contribution is 5.39. The summed E-state index contributed by atoms with van der Waals surface area (Å²) in [4.78, 5) is 6.31. The molecule has 1 fully saturated rings. The Labute approximate surface area is 108 Å². The summed E-state index contributed by atoms with van der Waals surface area (Å²) in [6.45, 7) is 2.34. The maximum absolute atomic E-state index is 10.4. The van der Waals surface area contributed by atoms with Crippen LogP contribution < -0.4 is 4.90 Å². The molecule has 0 saturated heterocycles. The molecule has 100 valence electrons. The molecule has 1 unspecified atom stereocenters. The third-order valence-corrected chi connectivity index (χ3v) is 3.71. The van der Waals surface area contributed by atoms with Crippen LogP contribution >= 0.6 is 0 Å². The molecule has 2 rings (SSSR count). The highest BCUT2D eigenvalue weighted by atomic mass is 16.3. The van der Waals surface area contributed by atoms with Gasteiger partial charge < -0.3 is 15.1 Å². The average molecular weight is 250 g/mol. The minimum atomic E-state index is -0.556. The Hall–Kier alpha value is -1.13. The lowest BCUT2D eigenvalue weighted by Crippen LogP contribution is -2.39. The van der Waals surface area contributed by atoms with E-state index in [2.05, 4.69) is 4.98 Å². The van der Waals surface area contributed by atoms with Gasteiger partial charge in [-0.05, 0) is 31.4 Å². The number of hydrogen-bond donors (Lipinski definition) is 2. The number of likely N-dealkylation sites (N-methyl/N-ethyl adjacent to an activating group) is 1. The van der Waals surface area contributed by atoms with Gasteiger partial charge in [0.2, 0.25) is 0 Å². The highest BCUT2D eigenvalue weighted by Crippen LogP contribution is 2.30. The molecule has 0 bridgehead atoms. The van der Waals surface area contributed by atoms with Crippen molar-refractivity contribution in [2.45, 2.75) is 44.3 Å². The zero-order valence-corrected chi connectivity index (χ0v) is 11.1. The Balaban J connectivity index is 2.02. The van der Waals surface area contributed by atoms with Crippen LogP contribution in [0.2, 0.25) is 0 Å². The van der Waals surface area contributed by atoms with Crippen molar-refractivity contribution >= 4 is 5.82 Å². The Morgan fingerprint density at radius 3 is 2.56 bits per heavy atom. The first-order chi connectivity index (χ1) is 8.50. The normalized spacial score (nSPS) is 19.8. The van der Waals surface area contributed by atoms with Crippen molar-refractivity contribution in [2.75, 3.05) is 18.5 Å². The minimum absolute atomic E-state index is 0.490. The molecule has 1 saturated carbocycles. The van der Waals surface area contributed by atoms with E-state index in [9.17, 15) is 10.2 Å². The van der Waals surface area contributed by atoms with E-state index in [1.165, 1.54) is 0 Å². The number of aromatic nitrogens is 1. The van der Waals surface area contributed by atoms with Gasteiger partial charge in [-0.2, -0.15) is 0 Å². The van der Waals surface area contributed by atoms with E-state index in [-0.39, 0.29) is 0 Å². The van der Waals surface area contributed by atoms with E-state index in [0.717, 1.165) is 37.1 Å². The van der Waals surface area contributed by atoms with Gasteiger partial charge in [-0.1, -0.05) is 18.9 Å². The molecule has 0 radical (unpaired) electrons. The second-order valence-electron chi connectivity index (χ2n) is 5.41. The molecule has 1 aromatic heterocycles. The predicted octanol–water partition coefficient (Wildman–Crippen LogP) is 1.88. The van der Waals surface area contributed by atoms with Gasteiger partial charge in [0.25, 0.3) is 0 Å². The van der Waals surface area contributed by atoms with Gasteiger partial charge in [0.05, 0.1) is 11.7 Å². The number of aliphatic hydroxyl groups is 2. The molecular formula is C14H22N2O2. The van der Waals surface area contributed by atoms with Crippen LogP contribution in [0.3, 0.4) is 0 Å². The summed E-state index contributed by atoms with van der Waals surface area (Å²) >= 11 is 0. The van der Waals surface area contributed by atoms with Crippen molar-refractivity contribution in [2.24, 2.45) is 0 Å². The molecule has 0 aromatic carbocycles. The van der Waals surface area contributed by atoms with E-state index >= 15 is 0 Å². The second kappa shape index (κ2) is 5.24. The maximum atomic E-state index is 10.4. The van der Waals surface area contributed by atoms with Gasteiger partial charge in [-0.15, -0.1) is 0 Å². The lowest BCUT2D eigenvalue weighted by atomic mass is 10.0. The lowest BCUT2D eigenvalue weighted by molar-refractivity contribution is 0.0558. The van der Waals surface area contributed by atoms with Crippen molar-refractivity contribution in [1.82, 2.24) is 4.98 Å². The molecule has 18 heavy (non-hydrogen) atoms. The molecule has 0 spiro atoms. The third kappa shape index (κ3) is 3.00. The maximum Gasteiger partial charge on any atom is 0.128 e. The van der Waals surface area contributed by atoms with Crippen molar-refractivity contribution < 1.29 is 10.2 Å². The van der Waals surface area contributed by atoms with E-state index in [1.807, 2.05) is 24.1 Å². The van der Waals surface area contributed by atoms with E-state index in [1.54, 1.807) is 13.1 Å². The number of hydrogen-bond acceptors (Lipinski definition) is 4. The Morgan fingerprint density at radius 2 is 2.06 bits per heavy atom. The molecule has 4 heteroatoms. The molecule has 2 N–H and O–H groups in total. The quantitative estimate of drug-likeness (QED) is 0.856. The van der Waals surface area contributed by atoms with Crippen LogP contribution in [0.4, 0.5) is 5.82 Å². The van der Waals surface area contributed by atoms with Crippen molar-refractivity contribution in [1.29, 1.82) is 0 Å². The first-order valence-corrected chi connectivity index (χ1v) is 6.58. The van der Waals surface area contributed by atoms with E-state index in [4.69, 9.17) is 0 Å². The largest absolute Gasteiger partial charge is 0.389 e. The number of anilines is 1. The summed E-state index contributed by atoms with van der Waals surface area (Å²) in [7, 11) is 1.95. The van der Waals surface area contributed by atoms with Crippen LogP contribution in [0.1, 0.15) is 44.3 Å². The molecule has 0 aliphatic heterocycles. The predicted molar refractivity (Wildman–Crippen MR) is 71.6 cm³/mol. The molecule has 4 nitrogen and oxygen atoms in total. The van der Waals surface area contributed by atoms with Crippen LogP contribution in [0.25, 0.3) is 0 Å². The van der Waals surface area contributed by atoms with E-state index < -0.39 is 11.7 Å². The van der Waals surface area contributed by atoms with Crippen molar-refractivity contribution in [3.8, 4) is 0 Å². The second-order valence-corrected chi connectivity index (χ2v) is 5.41. The fourth-order valence-electron chi connectivity index (χ4n) is 2.58. The summed E-state index contributed by atoms with van der Waals surface area (Å²) in [6.07, 6.45) is 5.18. The highest BCUT2D eigenvalue weighted by Gasteiger charge is 2.32. The van der Waals surface area contributed by atoms with Crippen LogP contribution in [-0.4, -0.2) is 34.4 Å². The zero-order chi connectivity index (χ0) is 13.2. The molecule has 1 heterocycles. The molecule has 1 aromatic rings. The van der Waals surface area contributed by atoms with Crippen molar-refractivity contribution in [3.63, 3.8) is 0 Å². The minimum Gasteiger partial charge on any atom is -0.389 e. The third-order valence-electron chi connectivity index (χ3n) is 3.71. The van der Waals surface area contributed by atoms with Gasteiger partial charge in [0.1, 0.15) is 5.82 Å². The van der Waals surface area contributed by atoms with Gasteiger partial charge >= 0.3 is 0 Å². The smallest absolute Gasteiger partial charge is 0.128 e. The topological polar surface area (TPSA) is 56.6 Å². The van der Waals surface area contributed by atoms with Gasteiger partial charge in [0, 0.05) is 19.8 Å². The summed E-state index contributed by atoms with van der Waals surface area (Å²) in [5.74, 6) is 0.833.